The molecule has 5 rings (SSSR count). The fourth-order valence-electron chi connectivity index (χ4n) is 6.33. The lowest BCUT2D eigenvalue weighted by Gasteiger charge is -2.42. The van der Waals surface area contributed by atoms with Crippen LogP contribution in [0.3, 0.4) is 0 Å². The van der Waals surface area contributed by atoms with E-state index in [9.17, 15) is 13.2 Å². The van der Waals surface area contributed by atoms with Gasteiger partial charge in [-0.3, -0.25) is 14.5 Å². The zero-order chi connectivity index (χ0) is 31.1. The number of likely N-dealkylation sites (N-methyl/N-ethyl adjacent to an activating group) is 1. The number of likely N-dealkylation sites (tertiary alicyclic amines) is 1. The van der Waals surface area contributed by atoms with E-state index in [1.54, 1.807) is 50.5 Å². The van der Waals surface area contributed by atoms with Gasteiger partial charge in [-0.05, 0) is 68.9 Å². The minimum atomic E-state index is -4.37. The van der Waals surface area contributed by atoms with Gasteiger partial charge in [0.1, 0.15) is 11.5 Å². The molecule has 3 aromatic rings. The van der Waals surface area contributed by atoms with Crippen LogP contribution in [0.15, 0.2) is 71.6 Å². The highest BCUT2D eigenvalue weighted by atomic mass is 32.2. The van der Waals surface area contributed by atoms with Gasteiger partial charge in [-0.25, -0.2) is 12.7 Å². The minimum absolute atomic E-state index is 0.0529. The van der Waals surface area contributed by atoms with Crippen molar-refractivity contribution >= 4 is 27.5 Å². The zero-order valence-electron chi connectivity index (χ0n) is 25.4. The number of rotatable bonds is 9. The van der Waals surface area contributed by atoms with E-state index in [0.29, 0.717) is 48.6 Å². The molecule has 0 bridgehead atoms. The summed E-state index contributed by atoms with van der Waals surface area (Å²) in [6.45, 7) is 1.04. The van der Waals surface area contributed by atoms with Crippen LogP contribution in [0.1, 0.15) is 29.5 Å². The summed E-state index contributed by atoms with van der Waals surface area (Å²) in [4.78, 5) is 34.1. The van der Waals surface area contributed by atoms with Gasteiger partial charge >= 0.3 is 0 Å². The number of sulfonamides is 1. The third-order valence-electron chi connectivity index (χ3n) is 8.17. The number of fused-ring (bicyclic) bond motifs is 1. The van der Waals surface area contributed by atoms with Crippen molar-refractivity contribution in [3.63, 3.8) is 0 Å². The SMILES string of the molecule is COc1ccc(S(=O)(=O)N2C(=O)C(c3ccc(CN(C)C)cc3OC)(N3CCC[C@H]3C(=O)N(C)C)c3ccccc32)cc1. The van der Waals surface area contributed by atoms with Crippen molar-refractivity contribution in [1.29, 1.82) is 0 Å². The average Bonchev–Trinajstić information content (AvgIpc) is 3.57. The molecule has 1 unspecified atom stereocenters. The van der Waals surface area contributed by atoms with Crippen molar-refractivity contribution in [3.8, 4) is 11.5 Å². The first-order valence-corrected chi connectivity index (χ1v) is 15.6. The zero-order valence-corrected chi connectivity index (χ0v) is 26.2. The molecule has 2 aliphatic heterocycles. The number of carbonyl (C=O) groups excluding carboxylic acids is 2. The van der Waals surface area contributed by atoms with Crippen molar-refractivity contribution < 1.29 is 27.5 Å². The van der Waals surface area contributed by atoms with Crippen LogP contribution in [0.25, 0.3) is 0 Å². The van der Waals surface area contributed by atoms with Gasteiger partial charge < -0.3 is 19.3 Å². The Labute approximate surface area is 253 Å². The lowest BCUT2D eigenvalue weighted by atomic mass is 9.80. The molecule has 11 heteroatoms. The molecular weight excluding hydrogens is 568 g/mol. The molecule has 1 saturated heterocycles. The van der Waals surface area contributed by atoms with Gasteiger partial charge in [0, 0.05) is 38.3 Å². The first-order valence-electron chi connectivity index (χ1n) is 14.1. The molecule has 0 N–H and O–H groups in total. The minimum Gasteiger partial charge on any atom is -0.497 e. The highest BCUT2D eigenvalue weighted by Gasteiger charge is 2.62. The molecule has 0 spiro atoms. The summed E-state index contributed by atoms with van der Waals surface area (Å²) in [6, 6.07) is 17.9. The smallest absolute Gasteiger partial charge is 0.271 e. The fraction of sp³-hybridized carbons (Fsp3) is 0.375. The van der Waals surface area contributed by atoms with E-state index in [0.717, 1.165) is 9.87 Å². The van der Waals surface area contributed by atoms with Crippen molar-refractivity contribution in [2.24, 2.45) is 0 Å². The highest BCUT2D eigenvalue weighted by molar-refractivity contribution is 7.93. The van der Waals surface area contributed by atoms with Crippen molar-refractivity contribution in [2.75, 3.05) is 53.3 Å². The number of hydrogen-bond acceptors (Lipinski definition) is 8. The molecule has 10 nitrogen and oxygen atoms in total. The van der Waals surface area contributed by atoms with Crippen LogP contribution in [0.4, 0.5) is 5.69 Å². The highest BCUT2D eigenvalue weighted by Crippen LogP contribution is 2.54. The molecule has 0 aliphatic carbocycles. The van der Waals surface area contributed by atoms with Gasteiger partial charge in [0.2, 0.25) is 5.91 Å². The molecule has 2 atom stereocenters. The molecule has 43 heavy (non-hydrogen) atoms. The molecular formula is C32H38N4O6S. The summed E-state index contributed by atoms with van der Waals surface area (Å²) >= 11 is 0. The number of amides is 2. The molecule has 3 aromatic carbocycles. The summed E-state index contributed by atoms with van der Waals surface area (Å²) in [5, 5.41) is 0. The van der Waals surface area contributed by atoms with Crippen LogP contribution in [0, 0.1) is 0 Å². The van der Waals surface area contributed by atoms with E-state index in [1.165, 1.54) is 31.3 Å². The van der Waals surface area contributed by atoms with Gasteiger partial charge in [0.15, 0.2) is 5.54 Å². The van der Waals surface area contributed by atoms with Crippen molar-refractivity contribution in [3.05, 3.63) is 83.4 Å². The Balaban J connectivity index is 1.80. The second-order valence-corrected chi connectivity index (χ2v) is 13.1. The van der Waals surface area contributed by atoms with Crippen LogP contribution in [-0.2, 0) is 31.7 Å². The lowest BCUT2D eigenvalue weighted by Crippen LogP contribution is -2.59. The number of methoxy groups -OCH3 is 2. The molecule has 2 aliphatic rings. The van der Waals surface area contributed by atoms with Crippen LogP contribution in [-0.4, -0.2) is 89.9 Å². The Morgan fingerprint density at radius 1 is 0.953 bits per heavy atom. The molecule has 1 fully saturated rings. The Bertz CT molecular complexity index is 1640. The van der Waals surface area contributed by atoms with Crippen LogP contribution in [0.2, 0.25) is 0 Å². The molecule has 2 amide bonds. The predicted molar refractivity (Wildman–Crippen MR) is 164 cm³/mol. The Kier molecular flexibility index (Phi) is 8.26. The summed E-state index contributed by atoms with van der Waals surface area (Å²) in [5.74, 6) is 0.101. The maximum atomic E-state index is 15.2. The summed E-state index contributed by atoms with van der Waals surface area (Å²) in [6.07, 6.45) is 1.19. The van der Waals surface area contributed by atoms with Gasteiger partial charge in [-0.1, -0.05) is 30.3 Å². The van der Waals surface area contributed by atoms with Gasteiger partial charge in [-0.15, -0.1) is 0 Å². The molecule has 2 heterocycles. The average molecular weight is 607 g/mol. The fourth-order valence-corrected chi connectivity index (χ4v) is 7.79. The second kappa shape index (κ2) is 11.6. The number of carbonyl (C=O) groups is 2. The Hall–Kier alpha value is -3.93. The number of anilines is 1. The van der Waals surface area contributed by atoms with Crippen molar-refractivity contribution in [2.45, 2.75) is 35.9 Å². The van der Waals surface area contributed by atoms with Crippen LogP contribution >= 0.6 is 0 Å². The third-order valence-corrected chi connectivity index (χ3v) is 9.88. The summed E-state index contributed by atoms with van der Waals surface area (Å²) in [5.41, 5.74) is 0.524. The number of para-hydroxylation sites is 1. The monoisotopic (exact) mass is 606 g/mol. The van der Waals surface area contributed by atoms with E-state index >= 15 is 4.79 Å². The predicted octanol–water partition coefficient (Wildman–Crippen LogP) is 3.30. The second-order valence-electron chi connectivity index (χ2n) is 11.3. The van der Waals surface area contributed by atoms with Crippen LogP contribution in [0.5, 0.6) is 11.5 Å². The van der Waals surface area contributed by atoms with Crippen LogP contribution < -0.4 is 13.8 Å². The van der Waals surface area contributed by atoms with E-state index in [-0.39, 0.29) is 16.5 Å². The topological polar surface area (TPSA) is 99.7 Å². The lowest BCUT2D eigenvalue weighted by molar-refractivity contribution is -0.138. The van der Waals surface area contributed by atoms with Crippen molar-refractivity contribution in [1.82, 2.24) is 14.7 Å². The van der Waals surface area contributed by atoms with E-state index in [4.69, 9.17) is 9.47 Å². The number of ether oxygens (including phenoxy) is 2. The molecule has 0 saturated carbocycles. The quantitative estimate of drug-likeness (QED) is 0.366. The number of hydrogen-bond donors (Lipinski definition) is 0. The summed E-state index contributed by atoms with van der Waals surface area (Å²) < 4.78 is 40.7. The van der Waals surface area contributed by atoms with E-state index in [2.05, 4.69) is 0 Å². The molecule has 228 valence electrons. The first-order chi connectivity index (χ1) is 20.5. The maximum absolute atomic E-state index is 15.2. The number of benzene rings is 3. The standard InChI is InChI=1S/C32H38N4O6S/c1-33(2)21-22-13-18-26(29(20-22)42-6)32(35-19-9-12-28(35)30(37)34(3)4)25-10-7-8-11-27(25)36(31(32)38)43(39,40)24-16-14-23(41-5)15-17-24/h7-8,10-11,13-18,20,28H,9,12,19,21H2,1-6H3/t28-,32?/m0/s1. The van der Waals surface area contributed by atoms with E-state index in [1.807, 2.05) is 42.1 Å². The van der Waals surface area contributed by atoms with E-state index < -0.39 is 27.5 Å². The number of nitrogens with zero attached hydrogens (tertiary/aromatic N) is 4. The summed E-state index contributed by atoms with van der Waals surface area (Å²) in [7, 11) is 5.96. The maximum Gasteiger partial charge on any atom is 0.271 e. The largest absolute Gasteiger partial charge is 0.497 e. The third kappa shape index (κ3) is 4.95. The first kappa shape index (κ1) is 30.5. The van der Waals surface area contributed by atoms with Gasteiger partial charge in [0.05, 0.1) is 30.8 Å². The Morgan fingerprint density at radius 2 is 1.65 bits per heavy atom. The Morgan fingerprint density at radius 3 is 2.28 bits per heavy atom. The van der Waals surface area contributed by atoms with Gasteiger partial charge in [0.25, 0.3) is 15.9 Å². The van der Waals surface area contributed by atoms with Gasteiger partial charge in [-0.2, -0.15) is 0 Å². The molecule has 0 aromatic heterocycles. The normalized spacial score (nSPS) is 20.4. The molecule has 0 radical (unpaired) electrons.